The summed E-state index contributed by atoms with van der Waals surface area (Å²) in [7, 11) is 0. The van der Waals surface area contributed by atoms with E-state index in [2.05, 4.69) is 26.7 Å². The molecule has 2 aliphatic heterocycles. The zero-order valence-electron chi connectivity index (χ0n) is 12.5. The summed E-state index contributed by atoms with van der Waals surface area (Å²) in [5, 5.41) is 0. The van der Waals surface area contributed by atoms with Crippen molar-refractivity contribution in [2.24, 2.45) is 5.92 Å². The maximum absolute atomic E-state index is 4.45. The van der Waals surface area contributed by atoms with Gasteiger partial charge in [-0.2, -0.15) is 0 Å². The van der Waals surface area contributed by atoms with Crippen LogP contribution in [0.4, 0.5) is 5.82 Å². The predicted molar refractivity (Wildman–Crippen MR) is 81.9 cm³/mol. The van der Waals surface area contributed by atoms with Crippen LogP contribution in [-0.2, 0) is 0 Å². The van der Waals surface area contributed by atoms with E-state index in [-0.39, 0.29) is 0 Å². The van der Waals surface area contributed by atoms with Crippen LogP contribution in [0.15, 0.2) is 18.6 Å². The number of piperidine rings is 2. The Kier molecular flexibility index (Phi) is 4.51. The third-order valence-electron chi connectivity index (χ3n) is 4.83. The molecule has 20 heavy (non-hydrogen) atoms. The quantitative estimate of drug-likeness (QED) is 0.848. The van der Waals surface area contributed by atoms with Crippen LogP contribution in [0.25, 0.3) is 0 Å². The van der Waals surface area contributed by atoms with Gasteiger partial charge in [0.15, 0.2) is 0 Å². The van der Waals surface area contributed by atoms with E-state index in [4.69, 9.17) is 0 Å². The molecule has 2 fully saturated rings. The van der Waals surface area contributed by atoms with E-state index in [0.29, 0.717) is 0 Å². The average molecular weight is 274 g/mol. The highest BCUT2D eigenvalue weighted by atomic mass is 15.2. The molecular formula is C16H26N4. The van der Waals surface area contributed by atoms with Crippen LogP contribution in [0, 0.1) is 5.92 Å². The normalized spacial score (nSPS) is 28.6. The van der Waals surface area contributed by atoms with Gasteiger partial charge in [0, 0.05) is 38.1 Å². The van der Waals surface area contributed by atoms with Gasteiger partial charge in [-0.3, -0.25) is 4.98 Å². The molecule has 0 radical (unpaired) electrons. The first kappa shape index (κ1) is 13.8. The van der Waals surface area contributed by atoms with Crippen LogP contribution < -0.4 is 4.90 Å². The van der Waals surface area contributed by atoms with E-state index < -0.39 is 0 Å². The summed E-state index contributed by atoms with van der Waals surface area (Å²) >= 11 is 0. The third-order valence-corrected chi connectivity index (χ3v) is 4.83. The lowest BCUT2D eigenvalue weighted by atomic mass is 9.95. The van der Waals surface area contributed by atoms with Gasteiger partial charge in [-0.25, -0.2) is 4.98 Å². The number of likely N-dealkylation sites (tertiary alicyclic amines) is 1. The summed E-state index contributed by atoms with van der Waals surface area (Å²) in [6.07, 6.45) is 12.3. The molecule has 1 aromatic rings. The minimum atomic E-state index is 0.774. The van der Waals surface area contributed by atoms with Crippen molar-refractivity contribution in [3.8, 4) is 0 Å². The number of hydrogen-bond acceptors (Lipinski definition) is 4. The number of nitrogens with zero attached hydrogens (tertiary/aromatic N) is 4. The van der Waals surface area contributed by atoms with E-state index in [1.54, 1.807) is 12.4 Å². The van der Waals surface area contributed by atoms with E-state index in [1.165, 1.54) is 45.2 Å². The fraction of sp³-hybridized carbons (Fsp3) is 0.750. The van der Waals surface area contributed by atoms with Gasteiger partial charge in [-0.1, -0.05) is 6.42 Å². The number of hydrogen-bond donors (Lipinski definition) is 0. The van der Waals surface area contributed by atoms with Crippen molar-refractivity contribution in [2.75, 3.05) is 31.1 Å². The van der Waals surface area contributed by atoms with Gasteiger partial charge in [0.2, 0.25) is 0 Å². The lowest BCUT2D eigenvalue weighted by Crippen LogP contribution is -2.45. The van der Waals surface area contributed by atoms with E-state index in [9.17, 15) is 0 Å². The highest BCUT2D eigenvalue weighted by Gasteiger charge is 2.26. The summed E-state index contributed by atoms with van der Waals surface area (Å²) in [5.41, 5.74) is 0. The van der Waals surface area contributed by atoms with Crippen molar-refractivity contribution < 1.29 is 0 Å². The maximum Gasteiger partial charge on any atom is 0.147 e. The van der Waals surface area contributed by atoms with Crippen LogP contribution in [0.3, 0.4) is 0 Å². The predicted octanol–water partition coefficient (Wildman–Crippen LogP) is 2.57. The van der Waals surface area contributed by atoms with Crippen molar-refractivity contribution in [1.82, 2.24) is 14.9 Å². The van der Waals surface area contributed by atoms with Crippen molar-refractivity contribution in [3.05, 3.63) is 18.6 Å². The highest BCUT2D eigenvalue weighted by Crippen LogP contribution is 2.24. The first-order valence-corrected chi connectivity index (χ1v) is 8.08. The van der Waals surface area contributed by atoms with E-state index in [0.717, 1.165) is 30.9 Å². The molecule has 0 bridgehead atoms. The Morgan fingerprint density at radius 3 is 2.90 bits per heavy atom. The molecule has 0 amide bonds. The van der Waals surface area contributed by atoms with Gasteiger partial charge in [0.25, 0.3) is 0 Å². The summed E-state index contributed by atoms with van der Waals surface area (Å²) in [4.78, 5) is 13.8. The molecule has 0 N–H and O–H groups in total. The zero-order chi connectivity index (χ0) is 13.8. The van der Waals surface area contributed by atoms with Gasteiger partial charge < -0.3 is 9.80 Å². The van der Waals surface area contributed by atoms with Crippen LogP contribution in [-0.4, -0.2) is 47.1 Å². The molecular weight excluding hydrogens is 248 g/mol. The van der Waals surface area contributed by atoms with Crippen molar-refractivity contribution in [3.63, 3.8) is 0 Å². The largest absolute Gasteiger partial charge is 0.355 e. The average Bonchev–Trinajstić information content (AvgIpc) is 2.51. The smallest absolute Gasteiger partial charge is 0.147 e. The van der Waals surface area contributed by atoms with Crippen molar-refractivity contribution in [2.45, 2.75) is 45.1 Å². The number of aromatic nitrogens is 2. The molecule has 3 rings (SSSR count). The second-order valence-corrected chi connectivity index (χ2v) is 6.36. The summed E-state index contributed by atoms with van der Waals surface area (Å²) in [6, 6.07) is 0.774. The Labute approximate surface area is 122 Å². The fourth-order valence-electron chi connectivity index (χ4n) is 3.64. The van der Waals surface area contributed by atoms with Crippen LogP contribution in [0.1, 0.15) is 39.0 Å². The molecule has 2 aliphatic rings. The standard InChI is InChI=1S/C16H26N4/c1-14-5-2-3-9-19(14)12-15-6-4-10-20(13-15)16-11-17-7-8-18-16/h7-8,11,14-15H,2-6,9-10,12-13H2,1H3/t14-,15+/m1/s1. The Morgan fingerprint density at radius 1 is 1.15 bits per heavy atom. The molecule has 0 spiro atoms. The lowest BCUT2D eigenvalue weighted by molar-refractivity contribution is 0.130. The van der Waals surface area contributed by atoms with E-state index >= 15 is 0 Å². The molecule has 2 atom stereocenters. The molecule has 0 aliphatic carbocycles. The Bertz CT molecular complexity index is 408. The molecule has 4 heteroatoms. The number of anilines is 1. The fourth-order valence-corrected chi connectivity index (χ4v) is 3.64. The molecule has 4 nitrogen and oxygen atoms in total. The Balaban J connectivity index is 1.58. The second-order valence-electron chi connectivity index (χ2n) is 6.36. The Hall–Kier alpha value is -1.16. The number of rotatable bonds is 3. The first-order valence-electron chi connectivity index (χ1n) is 8.08. The van der Waals surface area contributed by atoms with Gasteiger partial charge in [-0.15, -0.1) is 0 Å². The molecule has 3 heterocycles. The van der Waals surface area contributed by atoms with Gasteiger partial charge in [0.05, 0.1) is 6.20 Å². The van der Waals surface area contributed by atoms with Crippen molar-refractivity contribution >= 4 is 5.82 Å². The monoisotopic (exact) mass is 274 g/mol. The topological polar surface area (TPSA) is 32.3 Å². The highest BCUT2D eigenvalue weighted by molar-refractivity contribution is 5.35. The van der Waals surface area contributed by atoms with Gasteiger partial charge in [-0.05, 0) is 45.1 Å². The minimum Gasteiger partial charge on any atom is -0.355 e. The van der Waals surface area contributed by atoms with Crippen LogP contribution in [0.5, 0.6) is 0 Å². The summed E-state index contributed by atoms with van der Waals surface area (Å²) in [5.74, 6) is 1.83. The molecule has 0 saturated carbocycles. The van der Waals surface area contributed by atoms with Gasteiger partial charge >= 0.3 is 0 Å². The summed E-state index contributed by atoms with van der Waals surface area (Å²) < 4.78 is 0. The molecule has 1 aromatic heterocycles. The maximum atomic E-state index is 4.45. The molecule has 0 unspecified atom stereocenters. The van der Waals surface area contributed by atoms with Crippen molar-refractivity contribution in [1.29, 1.82) is 0 Å². The van der Waals surface area contributed by atoms with Crippen LogP contribution in [0.2, 0.25) is 0 Å². The third kappa shape index (κ3) is 3.29. The second kappa shape index (κ2) is 6.53. The van der Waals surface area contributed by atoms with E-state index in [1.807, 2.05) is 6.20 Å². The lowest BCUT2D eigenvalue weighted by Gasteiger charge is -2.39. The minimum absolute atomic E-state index is 0.774. The summed E-state index contributed by atoms with van der Waals surface area (Å²) in [6.45, 7) is 7.22. The molecule has 0 aromatic carbocycles. The molecule has 110 valence electrons. The first-order chi connectivity index (χ1) is 9.83. The Morgan fingerprint density at radius 2 is 2.10 bits per heavy atom. The molecule has 2 saturated heterocycles. The van der Waals surface area contributed by atoms with Crippen LogP contribution >= 0.6 is 0 Å². The van der Waals surface area contributed by atoms with Gasteiger partial charge in [0.1, 0.15) is 5.82 Å². The zero-order valence-corrected chi connectivity index (χ0v) is 12.5. The SMILES string of the molecule is C[C@@H]1CCCCN1C[C@@H]1CCCN(c2cnccn2)C1.